The lowest BCUT2D eigenvalue weighted by Gasteiger charge is -2.24. The van der Waals surface area contributed by atoms with Crippen LogP contribution in [0.25, 0.3) is 0 Å². The third-order valence-electron chi connectivity index (χ3n) is 4.35. The number of carbonyl (C=O) groups excluding carboxylic acids is 1. The summed E-state index contributed by atoms with van der Waals surface area (Å²) in [6.07, 6.45) is 14.6. The van der Waals surface area contributed by atoms with Crippen LogP contribution in [-0.4, -0.2) is 12.0 Å². The van der Waals surface area contributed by atoms with Gasteiger partial charge in [-0.2, -0.15) is 0 Å². The molecule has 0 bridgehead atoms. The number of nitrogens with one attached hydrogen (secondary N) is 1. The van der Waals surface area contributed by atoms with Crippen molar-refractivity contribution in [1.82, 2.24) is 5.48 Å². The van der Waals surface area contributed by atoms with E-state index in [0.29, 0.717) is 0 Å². The number of carbonyl (C=O) groups is 1. The third kappa shape index (κ3) is 4.60. The molecule has 2 aliphatic rings. The molecule has 2 fully saturated rings. The summed E-state index contributed by atoms with van der Waals surface area (Å²) in [7, 11) is 0. The zero-order valence-corrected chi connectivity index (χ0v) is 11.5. The molecular formula is C15H27NO2. The molecule has 2 saturated carbocycles. The molecule has 0 aromatic carbocycles. The SMILES string of the molecule is O=C(NOC1CCCCC1)C1CCCCCCC1. The smallest absolute Gasteiger partial charge is 0.246 e. The first-order valence-corrected chi connectivity index (χ1v) is 7.82. The van der Waals surface area contributed by atoms with E-state index in [1.54, 1.807) is 0 Å². The highest BCUT2D eigenvalue weighted by Crippen LogP contribution is 2.23. The number of hydrogen-bond donors (Lipinski definition) is 1. The van der Waals surface area contributed by atoms with Crippen molar-refractivity contribution in [2.45, 2.75) is 83.2 Å². The van der Waals surface area contributed by atoms with Crippen LogP contribution in [0.4, 0.5) is 0 Å². The van der Waals surface area contributed by atoms with E-state index in [-0.39, 0.29) is 17.9 Å². The summed E-state index contributed by atoms with van der Waals surface area (Å²) in [5.41, 5.74) is 2.73. The molecule has 0 aromatic rings. The molecule has 3 heteroatoms. The van der Waals surface area contributed by atoms with Crippen molar-refractivity contribution in [3.63, 3.8) is 0 Å². The maximum atomic E-state index is 12.1. The number of hydrogen-bond acceptors (Lipinski definition) is 2. The van der Waals surface area contributed by atoms with Gasteiger partial charge in [0.05, 0.1) is 6.10 Å². The quantitative estimate of drug-likeness (QED) is 0.778. The minimum atomic E-state index is 0.127. The molecule has 0 saturated heterocycles. The van der Waals surface area contributed by atoms with Crippen LogP contribution in [0.2, 0.25) is 0 Å². The zero-order chi connectivity index (χ0) is 12.6. The van der Waals surface area contributed by atoms with Crippen LogP contribution >= 0.6 is 0 Å². The van der Waals surface area contributed by atoms with E-state index < -0.39 is 0 Å². The Morgan fingerprint density at radius 2 is 1.28 bits per heavy atom. The third-order valence-corrected chi connectivity index (χ3v) is 4.35. The first kappa shape index (κ1) is 13.9. The number of amides is 1. The number of rotatable bonds is 3. The highest BCUT2D eigenvalue weighted by atomic mass is 16.7. The lowest BCUT2D eigenvalue weighted by molar-refractivity contribution is -0.145. The Morgan fingerprint density at radius 1 is 0.778 bits per heavy atom. The van der Waals surface area contributed by atoms with Crippen molar-refractivity contribution < 1.29 is 9.63 Å². The molecule has 0 spiro atoms. The van der Waals surface area contributed by atoms with E-state index in [2.05, 4.69) is 5.48 Å². The van der Waals surface area contributed by atoms with E-state index >= 15 is 0 Å². The minimum Gasteiger partial charge on any atom is -0.273 e. The number of hydroxylamine groups is 1. The van der Waals surface area contributed by atoms with Gasteiger partial charge in [0.15, 0.2) is 0 Å². The second-order valence-electron chi connectivity index (χ2n) is 5.89. The van der Waals surface area contributed by atoms with Gasteiger partial charge in [0.25, 0.3) is 0 Å². The van der Waals surface area contributed by atoms with Crippen molar-refractivity contribution >= 4 is 5.91 Å². The maximum absolute atomic E-state index is 12.1. The molecule has 18 heavy (non-hydrogen) atoms. The van der Waals surface area contributed by atoms with Gasteiger partial charge in [0.2, 0.25) is 5.91 Å². The average molecular weight is 253 g/mol. The fourth-order valence-electron chi connectivity index (χ4n) is 3.13. The second kappa shape index (κ2) is 7.78. The van der Waals surface area contributed by atoms with Crippen LogP contribution in [-0.2, 0) is 9.63 Å². The van der Waals surface area contributed by atoms with Gasteiger partial charge in [-0.05, 0) is 25.7 Å². The fraction of sp³-hybridized carbons (Fsp3) is 0.933. The molecule has 0 heterocycles. The summed E-state index contributed by atoms with van der Waals surface area (Å²) >= 11 is 0. The summed E-state index contributed by atoms with van der Waals surface area (Å²) < 4.78 is 0. The van der Waals surface area contributed by atoms with Gasteiger partial charge in [0.1, 0.15) is 0 Å². The van der Waals surface area contributed by atoms with Crippen LogP contribution in [0.3, 0.4) is 0 Å². The molecule has 1 amide bonds. The zero-order valence-electron chi connectivity index (χ0n) is 11.5. The van der Waals surface area contributed by atoms with E-state index in [4.69, 9.17) is 4.84 Å². The molecule has 0 radical (unpaired) electrons. The van der Waals surface area contributed by atoms with Crippen LogP contribution in [0.15, 0.2) is 0 Å². The summed E-state index contributed by atoms with van der Waals surface area (Å²) in [4.78, 5) is 17.6. The monoisotopic (exact) mass is 253 g/mol. The van der Waals surface area contributed by atoms with Crippen molar-refractivity contribution in [3.05, 3.63) is 0 Å². The predicted molar refractivity (Wildman–Crippen MR) is 71.9 cm³/mol. The molecule has 0 aromatic heterocycles. The van der Waals surface area contributed by atoms with E-state index in [9.17, 15) is 4.79 Å². The molecule has 0 unspecified atom stereocenters. The van der Waals surface area contributed by atoms with Crippen LogP contribution in [0.5, 0.6) is 0 Å². The van der Waals surface area contributed by atoms with Crippen molar-refractivity contribution in [1.29, 1.82) is 0 Å². The highest BCUT2D eigenvalue weighted by Gasteiger charge is 2.21. The van der Waals surface area contributed by atoms with Gasteiger partial charge in [-0.15, -0.1) is 0 Å². The first-order valence-electron chi connectivity index (χ1n) is 7.82. The second-order valence-corrected chi connectivity index (χ2v) is 5.89. The molecule has 104 valence electrons. The lowest BCUT2D eigenvalue weighted by atomic mass is 9.91. The normalized spacial score (nSPS) is 24.2. The molecule has 1 N–H and O–H groups in total. The Bertz CT molecular complexity index is 241. The standard InChI is InChI=1S/C15H27NO2/c17-15(13-9-5-2-1-3-6-10-13)16-18-14-11-7-4-8-12-14/h13-14H,1-12H2,(H,16,17). The van der Waals surface area contributed by atoms with Crippen LogP contribution in [0.1, 0.15) is 77.0 Å². The minimum absolute atomic E-state index is 0.127. The van der Waals surface area contributed by atoms with Crippen molar-refractivity contribution in [3.8, 4) is 0 Å². The predicted octanol–water partition coefficient (Wildman–Crippen LogP) is 3.73. The molecule has 3 nitrogen and oxygen atoms in total. The molecule has 2 aliphatic carbocycles. The topological polar surface area (TPSA) is 38.3 Å². The Balaban J connectivity index is 1.68. The molecule has 0 atom stereocenters. The summed E-state index contributed by atoms with van der Waals surface area (Å²) in [6, 6.07) is 0. The van der Waals surface area contributed by atoms with Crippen molar-refractivity contribution in [2.75, 3.05) is 0 Å². The molecule has 2 rings (SSSR count). The largest absolute Gasteiger partial charge is 0.273 e. The highest BCUT2D eigenvalue weighted by molar-refractivity contribution is 5.77. The first-order chi connectivity index (χ1) is 8.86. The molecular weight excluding hydrogens is 226 g/mol. The Labute approximate surface area is 111 Å². The maximum Gasteiger partial charge on any atom is 0.246 e. The Hall–Kier alpha value is -0.570. The summed E-state index contributed by atoms with van der Waals surface area (Å²) in [6.45, 7) is 0. The average Bonchev–Trinajstić information content (AvgIpc) is 2.37. The van der Waals surface area contributed by atoms with E-state index in [0.717, 1.165) is 25.7 Å². The van der Waals surface area contributed by atoms with Gasteiger partial charge in [-0.1, -0.05) is 51.4 Å². The van der Waals surface area contributed by atoms with E-state index in [1.807, 2.05) is 0 Å². The van der Waals surface area contributed by atoms with Crippen molar-refractivity contribution in [2.24, 2.45) is 5.92 Å². The van der Waals surface area contributed by atoms with Crippen LogP contribution < -0.4 is 5.48 Å². The van der Waals surface area contributed by atoms with Gasteiger partial charge in [-0.3, -0.25) is 9.63 Å². The fourth-order valence-corrected chi connectivity index (χ4v) is 3.13. The van der Waals surface area contributed by atoms with Gasteiger partial charge in [0, 0.05) is 5.92 Å². The van der Waals surface area contributed by atoms with Gasteiger partial charge in [-0.25, -0.2) is 5.48 Å². The lowest BCUT2D eigenvalue weighted by Crippen LogP contribution is -2.35. The Morgan fingerprint density at radius 3 is 1.94 bits per heavy atom. The molecule has 0 aliphatic heterocycles. The van der Waals surface area contributed by atoms with Crippen LogP contribution in [0, 0.1) is 5.92 Å². The van der Waals surface area contributed by atoms with Gasteiger partial charge >= 0.3 is 0 Å². The van der Waals surface area contributed by atoms with Gasteiger partial charge < -0.3 is 0 Å². The summed E-state index contributed by atoms with van der Waals surface area (Å²) in [5.74, 6) is 0.316. The Kier molecular flexibility index (Phi) is 5.98. The van der Waals surface area contributed by atoms with E-state index in [1.165, 1.54) is 51.4 Å². The summed E-state index contributed by atoms with van der Waals surface area (Å²) in [5, 5.41) is 0.